The molecule has 0 fully saturated rings. The summed E-state index contributed by atoms with van der Waals surface area (Å²) < 4.78 is 10.9. The van der Waals surface area contributed by atoms with Gasteiger partial charge in [-0.25, -0.2) is 0 Å². The number of phenols is 1. The molecule has 2 rings (SSSR count). The van der Waals surface area contributed by atoms with Crippen LogP contribution in [0.3, 0.4) is 0 Å². The highest BCUT2D eigenvalue weighted by atomic mass is 16.5. The number of hydrogen-bond donors (Lipinski definition) is 1. The first-order chi connectivity index (χ1) is 8.34. The first-order valence-corrected chi connectivity index (χ1v) is 5.44. The summed E-state index contributed by atoms with van der Waals surface area (Å²) in [5.74, 6) is 1.79. The second-order valence-electron chi connectivity index (χ2n) is 3.50. The van der Waals surface area contributed by atoms with Crippen LogP contribution in [0.1, 0.15) is 0 Å². The number of ether oxygens (including phenoxy) is 2. The maximum absolute atomic E-state index is 9.10. The van der Waals surface area contributed by atoms with Gasteiger partial charge in [0.25, 0.3) is 0 Å². The van der Waals surface area contributed by atoms with Crippen LogP contribution in [-0.2, 0) is 0 Å². The van der Waals surface area contributed by atoms with Gasteiger partial charge >= 0.3 is 0 Å². The van der Waals surface area contributed by atoms with Crippen molar-refractivity contribution in [3.63, 3.8) is 0 Å². The molecule has 0 aromatic heterocycles. The number of phenolic OH excluding ortho intramolecular Hbond substituents is 1. The fourth-order valence-corrected chi connectivity index (χ4v) is 1.38. The lowest BCUT2D eigenvalue weighted by Crippen LogP contribution is -2.08. The van der Waals surface area contributed by atoms with E-state index in [4.69, 9.17) is 14.6 Å². The first-order valence-electron chi connectivity index (χ1n) is 5.44. The van der Waals surface area contributed by atoms with E-state index in [0.717, 1.165) is 11.5 Å². The van der Waals surface area contributed by atoms with Crippen LogP contribution in [0.5, 0.6) is 17.2 Å². The van der Waals surface area contributed by atoms with E-state index < -0.39 is 0 Å². The Morgan fingerprint density at radius 3 is 1.82 bits per heavy atom. The van der Waals surface area contributed by atoms with Crippen LogP contribution in [0.15, 0.2) is 54.6 Å². The van der Waals surface area contributed by atoms with E-state index >= 15 is 0 Å². The number of benzene rings is 2. The topological polar surface area (TPSA) is 38.7 Å². The summed E-state index contributed by atoms with van der Waals surface area (Å²) in [5.41, 5.74) is 0. The first kappa shape index (κ1) is 11.3. The zero-order valence-electron chi connectivity index (χ0n) is 9.37. The van der Waals surface area contributed by atoms with Gasteiger partial charge in [-0.1, -0.05) is 18.2 Å². The van der Waals surface area contributed by atoms with Crippen molar-refractivity contribution in [2.45, 2.75) is 0 Å². The average Bonchev–Trinajstić information content (AvgIpc) is 2.38. The van der Waals surface area contributed by atoms with E-state index in [1.54, 1.807) is 24.3 Å². The molecule has 17 heavy (non-hydrogen) atoms. The van der Waals surface area contributed by atoms with Gasteiger partial charge in [0.1, 0.15) is 30.5 Å². The molecule has 0 aliphatic carbocycles. The van der Waals surface area contributed by atoms with Gasteiger partial charge in [0.05, 0.1) is 0 Å². The van der Waals surface area contributed by atoms with Gasteiger partial charge in [0, 0.05) is 0 Å². The summed E-state index contributed by atoms with van der Waals surface area (Å²) in [4.78, 5) is 0. The summed E-state index contributed by atoms with van der Waals surface area (Å²) in [6.45, 7) is 0.963. The van der Waals surface area contributed by atoms with Gasteiger partial charge in [0.2, 0.25) is 0 Å². The molecule has 0 aliphatic heterocycles. The van der Waals surface area contributed by atoms with Crippen LogP contribution in [-0.4, -0.2) is 18.3 Å². The van der Waals surface area contributed by atoms with Gasteiger partial charge in [-0.05, 0) is 36.4 Å². The Bertz CT molecular complexity index is 437. The molecule has 1 N–H and O–H groups in total. The van der Waals surface area contributed by atoms with Gasteiger partial charge in [-0.2, -0.15) is 0 Å². The predicted molar refractivity (Wildman–Crippen MR) is 65.5 cm³/mol. The molecule has 0 radical (unpaired) electrons. The van der Waals surface area contributed by atoms with Gasteiger partial charge in [-0.3, -0.25) is 0 Å². The minimum Gasteiger partial charge on any atom is -0.508 e. The fraction of sp³-hybridized carbons (Fsp3) is 0.143. The Balaban J connectivity index is 1.71. The molecule has 3 heteroatoms. The zero-order valence-corrected chi connectivity index (χ0v) is 9.37. The SMILES string of the molecule is Oc1ccc(OCCOc2ccccc2)cc1. The maximum Gasteiger partial charge on any atom is 0.122 e. The van der Waals surface area contributed by atoms with Crippen molar-refractivity contribution in [1.29, 1.82) is 0 Å². The Kier molecular flexibility index (Phi) is 3.86. The molecule has 2 aromatic carbocycles. The molecular weight excluding hydrogens is 216 g/mol. The van der Waals surface area contributed by atoms with Crippen molar-refractivity contribution in [3.8, 4) is 17.2 Å². The Hall–Kier alpha value is -2.16. The Morgan fingerprint density at radius 1 is 0.706 bits per heavy atom. The van der Waals surface area contributed by atoms with Crippen LogP contribution in [0.4, 0.5) is 0 Å². The van der Waals surface area contributed by atoms with Crippen LogP contribution in [0.2, 0.25) is 0 Å². The minimum absolute atomic E-state index is 0.234. The highest BCUT2D eigenvalue weighted by Gasteiger charge is 1.95. The maximum atomic E-state index is 9.10. The Labute approximate surface area is 100 Å². The zero-order chi connectivity index (χ0) is 11.9. The van der Waals surface area contributed by atoms with Crippen LogP contribution < -0.4 is 9.47 Å². The van der Waals surface area contributed by atoms with Gasteiger partial charge in [0.15, 0.2) is 0 Å². The third kappa shape index (κ3) is 3.72. The van der Waals surface area contributed by atoms with Crippen LogP contribution in [0, 0.1) is 0 Å². The van der Waals surface area contributed by atoms with E-state index in [9.17, 15) is 0 Å². The molecule has 0 amide bonds. The van der Waals surface area contributed by atoms with Crippen molar-refractivity contribution < 1.29 is 14.6 Å². The lowest BCUT2D eigenvalue weighted by molar-refractivity contribution is 0.217. The minimum atomic E-state index is 0.234. The molecule has 0 bridgehead atoms. The number of hydrogen-bond acceptors (Lipinski definition) is 3. The molecule has 0 aliphatic rings. The highest BCUT2D eigenvalue weighted by Crippen LogP contribution is 2.15. The van der Waals surface area contributed by atoms with E-state index in [2.05, 4.69) is 0 Å². The summed E-state index contributed by atoms with van der Waals surface area (Å²) in [7, 11) is 0. The van der Waals surface area contributed by atoms with Gasteiger partial charge < -0.3 is 14.6 Å². The quantitative estimate of drug-likeness (QED) is 0.803. The smallest absolute Gasteiger partial charge is 0.122 e. The van der Waals surface area contributed by atoms with E-state index in [1.807, 2.05) is 30.3 Å². The highest BCUT2D eigenvalue weighted by molar-refractivity contribution is 5.30. The second kappa shape index (κ2) is 5.80. The molecule has 0 unspecified atom stereocenters. The summed E-state index contributed by atoms with van der Waals surface area (Å²) in [6.07, 6.45) is 0. The van der Waals surface area contributed by atoms with Crippen molar-refractivity contribution in [2.75, 3.05) is 13.2 Å². The lowest BCUT2D eigenvalue weighted by Gasteiger charge is -2.08. The molecule has 0 saturated heterocycles. The molecule has 0 saturated carbocycles. The predicted octanol–water partition coefficient (Wildman–Crippen LogP) is 2.85. The van der Waals surface area contributed by atoms with Crippen molar-refractivity contribution in [2.24, 2.45) is 0 Å². The van der Waals surface area contributed by atoms with Crippen LogP contribution >= 0.6 is 0 Å². The molecule has 0 atom stereocenters. The van der Waals surface area contributed by atoms with E-state index in [1.165, 1.54) is 0 Å². The number of rotatable bonds is 5. The van der Waals surface area contributed by atoms with Crippen molar-refractivity contribution in [1.82, 2.24) is 0 Å². The molecule has 88 valence electrons. The lowest BCUT2D eigenvalue weighted by atomic mass is 10.3. The number of aromatic hydroxyl groups is 1. The molecule has 0 spiro atoms. The normalized spacial score (nSPS) is 9.88. The van der Waals surface area contributed by atoms with Crippen LogP contribution in [0.25, 0.3) is 0 Å². The molecule has 3 nitrogen and oxygen atoms in total. The molecular formula is C14H14O3. The van der Waals surface area contributed by atoms with E-state index in [-0.39, 0.29) is 5.75 Å². The number of para-hydroxylation sites is 1. The Morgan fingerprint density at radius 2 is 1.24 bits per heavy atom. The fourth-order valence-electron chi connectivity index (χ4n) is 1.38. The largest absolute Gasteiger partial charge is 0.508 e. The second-order valence-corrected chi connectivity index (χ2v) is 3.50. The average molecular weight is 230 g/mol. The monoisotopic (exact) mass is 230 g/mol. The van der Waals surface area contributed by atoms with E-state index in [0.29, 0.717) is 13.2 Å². The third-order valence-electron chi connectivity index (χ3n) is 2.20. The van der Waals surface area contributed by atoms with Gasteiger partial charge in [-0.15, -0.1) is 0 Å². The molecule has 2 aromatic rings. The summed E-state index contributed by atoms with van der Waals surface area (Å²) in [6, 6.07) is 16.2. The molecule has 0 heterocycles. The third-order valence-corrected chi connectivity index (χ3v) is 2.20. The van der Waals surface area contributed by atoms with Crippen molar-refractivity contribution >= 4 is 0 Å². The summed E-state index contributed by atoms with van der Waals surface area (Å²) >= 11 is 0. The van der Waals surface area contributed by atoms with Crippen molar-refractivity contribution in [3.05, 3.63) is 54.6 Å². The summed E-state index contributed by atoms with van der Waals surface area (Å²) in [5, 5.41) is 9.10. The standard InChI is InChI=1S/C14H14O3/c15-12-6-8-14(9-7-12)17-11-10-16-13-4-2-1-3-5-13/h1-9,15H,10-11H2.